The van der Waals surface area contributed by atoms with Crippen molar-refractivity contribution in [1.29, 1.82) is 0 Å². The predicted octanol–water partition coefficient (Wildman–Crippen LogP) is 3.30. The van der Waals surface area contributed by atoms with Gasteiger partial charge in [-0.15, -0.1) is 0 Å². The molecule has 140 valence electrons. The highest BCUT2D eigenvalue weighted by Gasteiger charge is 2.23. The van der Waals surface area contributed by atoms with Crippen LogP contribution in [0.5, 0.6) is 0 Å². The normalized spacial score (nSPS) is 13.2. The maximum atomic E-state index is 12.8. The van der Waals surface area contributed by atoms with Gasteiger partial charge >= 0.3 is 0 Å². The summed E-state index contributed by atoms with van der Waals surface area (Å²) in [5.41, 5.74) is 1.80. The first kappa shape index (κ1) is 18.1. The van der Waals surface area contributed by atoms with Gasteiger partial charge in [-0.1, -0.05) is 59.9 Å². The Balaban J connectivity index is 1.61. The van der Waals surface area contributed by atoms with Crippen molar-refractivity contribution in [2.45, 2.75) is 12.8 Å². The molecule has 2 aromatic carbocycles. The summed E-state index contributed by atoms with van der Waals surface area (Å²) in [7, 11) is 0. The van der Waals surface area contributed by atoms with Crippen molar-refractivity contribution in [3.05, 3.63) is 81.9 Å². The highest BCUT2D eigenvalue weighted by molar-refractivity contribution is 7.17. The minimum atomic E-state index is -0.427. The second-order valence-corrected chi connectivity index (χ2v) is 7.35. The van der Waals surface area contributed by atoms with E-state index in [0.29, 0.717) is 39.8 Å². The van der Waals surface area contributed by atoms with Gasteiger partial charge in [-0.05, 0) is 18.9 Å². The Kier molecular flexibility index (Phi) is 4.99. The van der Waals surface area contributed by atoms with Crippen molar-refractivity contribution >= 4 is 34.1 Å². The van der Waals surface area contributed by atoms with Crippen LogP contribution < -0.4 is 10.6 Å². The Morgan fingerprint density at radius 3 is 2.50 bits per heavy atom. The fourth-order valence-electron chi connectivity index (χ4n) is 3.08. The first-order valence-electron chi connectivity index (χ1n) is 8.91. The number of ketones is 1. The lowest BCUT2D eigenvalue weighted by Crippen LogP contribution is -2.21. The molecule has 0 atom stereocenters. The number of anilines is 1. The van der Waals surface area contributed by atoms with Crippen LogP contribution in [0.25, 0.3) is 0 Å². The van der Waals surface area contributed by atoms with Gasteiger partial charge in [0, 0.05) is 17.7 Å². The molecule has 0 fully saturated rings. The van der Waals surface area contributed by atoms with Crippen molar-refractivity contribution in [1.82, 2.24) is 10.3 Å². The van der Waals surface area contributed by atoms with E-state index in [0.717, 1.165) is 17.8 Å². The topological polar surface area (TPSA) is 88.2 Å². The number of hydrogen-bond acceptors (Lipinski definition) is 5. The Morgan fingerprint density at radius 2 is 1.71 bits per heavy atom. The van der Waals surface area contributed by atoms with E-state index in [1.54, 1.807) is 48.5 Å². The number of nitrogens with one attached hydrogen (secondary N) is 2. The van der Waals surface area contributed by atoms with Crippen molar-refractivity contribution < 1.29 is 14.4 Å². The molecule has 4 rings (SSSR count). The van der Waals surface area contributed by atoms with Crippen LogP contribution in [0.3, 0.4) is 0 Å². The molecule has 2 N–H and O–H groups in total. The molecular weight excluding hydrogens is 374 g/mol. The summed E-state index contributed by atoms with van der Waals surface area (Å²) in [4.78, 5) is 42.7. The standard InChI is InChI=1S/C21H17N3O3S/c25-17(13-7-2-1-3-8-13)14-9-4-5-10-15(14)19(26)24-21-23-16-11-6-12-22-20(27)18(16)28-21/h1-5,7-10H,6,11-12H2,(H,22,27)(H,23,24,26). The SMILES string of the molecule is O=C(Nc1nc2c(s1)C(=O)NCCC2)c1ccccc1C(=O)c1ccccc1. The van der Waals surface area contributed by atoms with Crippen LogP contribution in [0.4, 0.5) is 5.13 Å². The lowest BCUT2D eigenvalue weighted by molar-refractivity contribution is 0.0958. The first-order chi connectivity index (χ1) is 13.6. The van der Waals surface area contributed by atoms with Crippen molar-refractivity contribution in [2.24, 2.45) is 0 Å². The first-order valence-corrected chi connectivity index (χ1v) is 9.73. The van der Waals surface area contributed by atoms with Gasteiger partial charge < -0.3 is 5.32 Å². The predicted molar refractivity (Wildman–Crippen MR) is 107 cm³/mol. The Hall–Kier alpha value is -3.32. The number of carbonyl (C=O) groups excluding carboxylic acids is 3. The fraction of sp³-hybridized carbons (Fsp3) is 0.143. The summed E-state index contributed by atoms with van der Waals surface area (Å²) in [6.45, 7) is 0.624. The zero-order valence-corrected chi connectivity index (χ0v) is 15.7. The van der Waals surface area contributed by atoms with E-state index in [9.17, 15) is 14.4 Å². The molecule has 28 heavy (non-hydrogen) atoms. The van der Waals surface area contributed by atoms with Crippen LogP contribution in [0, 0.1) is 0 Å². The number of aryl methyl sites for hydroxylation is 1. The summed E-state index contributed by atoms with van der Waals surface area (Å²) >= 11 is 1.15. The molecule has 0 saturated carbocycles. The molecule has 0 radical (unpaired) electrons. The molecule has 0 bridgehead atoms. The lowest BCUT2D eigenvalue weighted by Gasteiger charge is -2.08. The van der Waals surface area contributed by atoms with Crippen LogP contribution in [0.2, 0.25) is 0 Å². The van der Waals surface area contributed by atoms with E-state index in [1.807, 2.05) is 6.07 Å². The third kappa shape index (κ3) is 3.57. The van der Waals surface area contributed by atoms with Gasteiger partial charge in [0.1, 0.15) is 4.88 Å². The molecule has 2 heterocycles. The van der Waals surface area contributed by atoms with Crippen LogP contribution in [-0.2, 0) is 6.42 Å². The van der Waals surface area contributed by atoms with Crippen molar-refractivity contribution in [3.8, 4) is 0 Å². The molecule has 0 unspecified atom stereocenters. The van der Waals surface area contributed by atoms with E-state index >= 15 is 0 Å². The van der Waals surface area contributed by atoms with Gasteiger partial charge in [0.25, 0.3) is 11.8 Å². The molecule has 1 aliphatic rings. The van der Waals surface area contributed by atoms with Gasteiger partial charge in [-0.2, -0.15) is 0 Å². The number of nitrogens with zero attached hydrogens (tertiary/aromatic N) is 1. The third-order valence-electron chi connectivity index (χ3n) is 4.45. The summed E-state index contributed by atoms with van der Waals surface area (Å²) in [6.07, 6.45) is 1.49. The summed E-state index contributed by atoms with van der Waals surface area (Å²) in [5.74, 6) is -0.810. The Morgan fingerprint density at radius 1 is 1.00 bits per heavy atom. The smallest absolute Gasteiger partial charge is 0.263 e. The zero-order valence-electron chi connectivity index (χ0n) is 14.9. The number of carbonyl (C=O) groups is 3. The summed E-state index contributed by atoms with van der Waals surface area (Å²) in [5, 5.41) is 5.91. The molecule has 7 heteroatoms. The maximum absolute atomic E-state index is 12.8. The molecule has 0 aliphatic carbocycles. The fourth-order valence-corrected chi connectivity index (χ4v) is 4.00. The van der Waals surface area contributed by atoms with E-state index in [1.165, 1.54) is 0 Å². The summed E-state index contributed by atoms with van der Waals surface area (Å²) in [6, 6.07) is 15.5. The highest BCUT2D eigenvalue weighted by Crippen LogP contribution is 2.26. The molecule has 2 amide bonds. The number of rotatable bonds is 4. The maximum Gasteiger partial charge on any atom is 0.263 e. The van der Waals surface area contributed by atoms with E-state index in [-0.39, 0.29) is 17.3 Å². The summed E-state index contributed by atoms with van der Waals surface area (Å²) < 4.78 is 0. The largest absolute Gasteiger partial charge is 0.351 e. The van der Waals surface area contributed by atoms with Crippen molar-refractivity contribution in [2.75, 3.05) is 11.9 Å². The molecule has 1 aliphatic heterocycles. The molecule has 1 aromatic heterocycles. The van der Waals surface area contributed by atoms with Crippen LogP contribution >= 0.6 is 11.3 Å². The van der Waals surface area contributed by atoms with E-state index in [2.05, 4.69) is 15.6 Å². The molecule has 3 aromatic rings. The van der Waals surface area contributed by atoms with Gasteiger partial charge in [0.15, 0.2) is 10.9 Å². The van der Waals surface area contributed by atoms with E-state index in [4.69, 9.17) is 0 Å². The van der Waals surface area contributed by atoms with Crippen LogP contribution in [0.15, 0.2) is 54.6 Å². The minimum Gasteiger partial charge on any atom is -0.351 e. The number of amides is 2. The quantitative estimate of drug-likeness (QED) is 0.668. The molecule has 0 saturated heterocycles. The number of hydrogen-bond donors (Lipinski definition) is 2. The third-order valence-corrected chi connectivity index (χ3v) is 5.46. The van der Waals surface area contributed by atoms with Gasteiger partial charge in [0.2, 0.25) is 0 Å². The number of aromatic nitrogens is 1. The van der Waals surface area contributed by atoms with Crippen LogP contribution in [0.1, 0.15) is 48.1 Å². The van der Waals surface area contributed by atoms with Gasteiger partial charge in [-0.25, -0.2) is 4.98 Å². The molecule has 0 spiro atoms. The minimum absolute atomic E-state index is 0.162. The number of thiazole rings is 1. The van der Waals surface area contributed by atoms with E-state index < -0.39 is 5.91 Å². The Labute approximate surface area is 165 Å². The average Bonchev–Trinajstić information content (AvgIpc) is 3.05. The number of benzene rings is 2. The highest BCUT2D eigenvalue weighted by atomic mass is 32.1. The Bertz CT molecular complexity index is 1060. The average molecular weight is 391 g/mol. The second kappa shape index (κ2) is 7.74. The lowest BCUT2D eigenvalue weighted by atomic mass is 9.98. The number of fused-ring (bicyclic) bond motifs is 1. The molecular formula is C21H17N3O3S. The van der Waals surface area contributed by atoms with Crippen LogP contribution in [-0.4, -0.2) is 29.1 Å². The molecule has 6 nitrogen and oxygen atoms in total. The van der Waals surface area contributed by atoms with Gasteiger partial charge in [-0.3, -0.25) is 19.7 Å². The van der Waals surface area contributed by atoms with Crippen molar-refractivity contribution in [3.63, 3.8) is 0 Å². The zero-order chi connectivity index (χ0) is 19.5. The monoisotopic (exact) mass is 391 g/mol. The van der Waals surface area contributed by atoms with Gasteiger partial charge in [0.05, 0.1) is 11.3 Å². The second-order valence-electron chi connectivity index (χ2n) is 6.35.